The van der Waals surface area contributed by atoms with E-state index in [0.717, 1.165) is 40.7 Å². The van der Waals surface area contributed by atoms with E-state index in [1.54, 1.807) is 11.8 Å². The highest BCUT2D eigenvalue weighted by Crippen LogP contribution is 2.31. The lowest BCUT2D eigenvalue weighted by Crippen LogP contribution is -2.39. The first-order chi connectivity index (χ1) is 14.5. The Morgan fingerprint density at radius 3 is 2.53 bits per heavy atom. The lowest BCUT2D eigenvalue weighted by atomic mass is 10.2. The molecule has 0 unspecified atom stereocenters. The Labute approximate surface area is 192 Å². The second-order valence-electron chi connectivity index (χ2n) is 7.09. The van der Waals surface area contributed by atoms with Crippen molar-refractivity contribution in [2.45, 2.75) is 32.1 Å². The minimum atomic E-state index is 0.118. The highest BCUT2D eigenvalue weighted by atomic mass is 35.5. The Bertz CT molecular complexity index is 970. The monoisotopic (exact) mass is 461 g/mol. The molecule has 3 rings (SSSR count). The number of amides is 1. The third kappa shape index (κ3) is 6.20. The van der Waals surface area contributed by atoms with Crippen LogP contribution in [0.2, 0.25) is 5.02 Å². The summed E-state index contributed by atoms with van der Waals surface area (Å²) in [5, 5.41) is 1.44. The summed E-state index contributed by atoms with van der Waals surface area (Å²) >= 11 is 9.38. The van der Waals surface area contributed by atoms with Gasteiger partial charge in [0.15, 0.2) is 5.13 Å². The predicted molar refractivity (Wildman–Crippen MR) is 131 cm³/mol. The average Bonchev–Trinajstić information content (AvgIpc) is 3.15. The molecular weight excluding hydrogens is 434 g/mol. The fourth-order valence-electron chi connectivity index (χ4n) is 3.14. The van der Waals surface area contributed by atoms with Crippen LogP contribution in [0.25, 0.3) is 10.2 Å². The second-order valence-corrected chi connectivity index (χ2v) is 9.71. The summed E-state index contributed by atoms with van der Waals surface area (Å²) in [5.74, 6) is 0.868. The van der Waals surface area contributed by atoms with Gasteiger partial charge in [0, 0.05) is 35.2 Å². The zero-order valence-electron chi connectivity index (χ0n) is 17.7. The number of thiazole rings is 1. The smallest absolute Gasteiger partial charge is 0.229 e. The summed E-state index contributed by atoms with van der Waals surface area (Å²) in [6.45, 7) is 9.79. The van der Waals surface area contributed by atoms with Crippen molar-refractivity contribution in [1.29, 1.82) is 0 Å². The molecule has 7 heteroatoms. The number of thioether (sulfide) groups is 1. The van der Waals surface area contributed by atoms with Gasteiger partial charge >= 0.3 is 0 Å². The van der Waals surface area contributed by atoms with Crippen molar-refractivity contribution in [2.75, 3.05) is 36.8 Å². The van der Waals surface area contributed by atoms with Gasteiger partial charge in [0.25, 0.3) is 0 Å². The number of likely N-dealkylation sites (N-methyl/N-ethyl adjacent to an activating group) is 1. The van der Waals surface area contributed by atoms with Crippen molar-refractivity contribution >= 4 is 56.0 Å². The molecule has 0 aliphatic carbocycles. The Morgan fingerprint density at radius 2 is 1.83 bits per heavy atom. The molecule has 0 spiro atoms. The summed E-state index contributed by atoms with van der Waals surface area (Å²) < 4.78 is 1.01. The van der Waals surface area contributed by atoms with Crippen molar-refractivity contribution < 1.29 is 4.79 Å². The molecule has 1 heterocycles. The van der Waals surface area contributed by atoms with Crippen LogP contribution in [0, 0.1) is 6.92 Å². The van der Waals surface area contributed by atoms with Gasteiger partial charge in [-0.25, -0.2) is 4.98 Å². The van der Waals surface area contributed by atoms with E-state index in [1.807, 2.05) is 23.1 Å². The molecule has 0 fully saturated rings. The molecule has 4 nitrogen and oxygen atoms in total. The van der Waals surface area contributed by atoms with Crippen LogP contribution in [0.4, 0.5) is 5.13 Å². The summed E-state index contributed by atoms with van der Waals surface area (Å²) in [7, 11) is 0. The number of halogens is 1. The molecule has 2 aromatic carbocycles. The maximum Gasteiger partial charge on any atom is 0.229 e. The topological polar surface area (TPSA) is 36.4 Å². The summed E-state index contributed by atoms with van der Waals surface area (Å²) in [5.41, 5.74) is 2.13. The minimum Gasteiger partial charge on any atom is -0.302 e. The molecule has 0 N–H and O–H groups in total. The summed E-state index contributed by atoms with van der Waals surface area (Å²) in [6, 6.07) is 14.1. The van der Waals surface area contributed by atoms with Gasteiger partial charge in [-0.3, -0.25) is 9.69 Å². The average molecular weight is 462 g/mol. The standard InChI is InChI=1S/C23H28ClN3OS2/c1-4-26(5-2)13-14-27(23-25-20-11-8-18(24)16-21(20)30-23)22(28)12-15-29-19-9-6-17(3)7-10-19/h6-11,16H,4-5,12-15H2,1-3H3. The number of benzene rings is 2. The zero-order chi connectivity index (χ0) is 21.5. The number of aromatic nitrogens is 1. The molecule has 0 bridgehead atoms. The van der Waals surface area contributed by atoms with Crippen LogP contribution in [0.15, 0.2) is 47.4 Å². The van der Waals surface area contributed by atoms with Crippen LogP contribution in [0.1, 0.15) is 25.8 Å². The third-order valence-corrected chi connectivity index (χ3v) is 7.30. The maximum absolute atomic E-state index is 13.2. The van der Waals surface area contributed by atoms with Gasteiger partial charge in [-0.05, 0) is 50.3 Å². The van der Waals surface area contributed by atoms with Crippen molar-refractivity contribution in [3.05, 3.63) is 53.1 Å². The Kier molecular flexibility index (Phi) is 8.57. The highest BCUT2D eigenvalue weighted by Gasteiger charge is 2.20. The molecule has 0 aliphatic rings. The second kappa shape index (κ2) is 11.1. The van der Waals surface area contributed by atoms with Crippen LogP contribution >= 0.6 is 34.7 Å². The van der Waals surface area contributed by atoms with Gasteiger partial charge in [-0.2, -0.15) is 0 Å². The number of hydrogen-bond donors (Lipinski definition) is 0. The van der Waals surface area contributed by atoms with Crippen LogP contribution in [0.3, 0.4) is 0 Å². The van der Waals surface area contributed by atoms with Gasteiger partial charge in [0.05, 0.1) is 10.2 Å². The summed E-state index contributed by atoms with van der Waals surface area (Å²) in [4.78, 5) is 23.2. The number of aryl methyl sites for hydroxylation is 1. The number of rotatable bonds is 10. The predicted octanol–water partition coefficient (Wildman–Crippen LogP) is 6.12. The van der Waals surface area contributed by atoms with Crippen LogP contribution in [-0.2, 0) is 4.79 Å². The Morgan fingerprint density at radius 1 is 1.10 bits per heavy atom. The zero-order valence-corrected chi connectivity index (χ0v) is 20.1. The fourth-order valence-corrected chi connectivity index (χ4v) is 5.26. The molecule has 0 atom stereocenters. The van der Waals surface area contributed by atoms with E-state index in [9.17, 15) is 4.79 Å². The van der Waals surface area contributed by atoms with E-state index in [4.69, 9.17) is 16.6 Å². The van der Waals surface area contributed by atoms with E-state index in [1.165, 1.54) is 21.8 Å². The molecule has 0 aliphatic heterocycles. The van der Waals surface area contributed by atoms with Crippen molar-refractivity contribution in [1.82, 2.24) is 9.88 Å². The molecule has 3 aromatic rings. The van der Waals surface area contributed by atoms with E-state index in [-0.39, 0.29) is 5.91 Å². The largest absolute Gasteiger partial charge is 0.302 e. The van der Waals surface area contributed by atoms with Gasteiger partial charge in [-0.1, -0.05) is 54.5 Å². The van der Waals surface area contributed by atoms with E-state index >= 15 is 0 Å². The SMILES string of the molecule is CCN(CC)CCN(C(=O)CCSc1ccc(C)cc1)c1nc2ccc(Cl)cc2s1. The third-order valence-electron chi connectivity index (χ3n) is 5.01. The fraction of sp³-hybridized carbons (Fsp3) is 0.391. The van der Waals surface area contributed by atoms with Crippen LogP contribution in [0.5, 0.6) is 0 Å². The van der Waals surface area contributed by atoms with Gasteiger partial charge < -0.3 is 4.90 Å². The minimum absolute atomic E-state index is 0.118. The number of hydrogen-bond acceptors (Lipinski definition) is 5. The molecule has 0 saturated heterocycles. The molecule has 1 aromatic heterocycles. The van der Waals surface area contributed by atoms with Gasteiger partial charge in [0.2, 0.25) is 5.91 Å². The number of nitrogens with zero attached hydrogens (tertiary/aromatic N) is 3. The van der Waals surface area contributed by atoms with Crippen LogP contribution < -0.4 is 4.90 Å². The lowest BCUT2D eigenvalue weighted by molar-refractivity contribution is -0.118. The Hall–Kier alpha value is -1.60. The first-order valence-corrected chi connectivity index (χ1v) is 12.5. The first kappa shape index (κ1) is 23.1. The van der Waals surface area contributed by atoms with Gasteiger partial charge in [-0.15, -0.1) is 11.8 Å². The van der Waals surface area contributed by atoms with Crippen molar-refractivity contribution in [3.63, 3.8) is 0 Å². The molecule has 30 heavy (non-hydrogen) atoms. The molecular formula is C23H28ClN3OS2. The number of anilines is 1. The quantitative estimate of drug-likeness (QED) is 0.341. The first-order valence-electron chi connectivity index (χ1n) is 10.3. The normalized spacial score (nSPS) is 11.4. The Balaban J connectivity index is 1.71. The number of carbonyl (C=O) groups excluding carboxylic acids is 1. The molecule has 1 amide bonds. The molecule has 160 valence electrons. The molecule has 0 saturated carbocycles. The van der Waals surface area contributed by atoms with E-state index in [2.05, 4.69) is 49.9 Å². The van der Waals surface area contributed by atoms with Crippen molar-refractivity contribution in [3.8, 4) is 0 Å². The van der Waals surface area contributed by atoms with Crippen molar-refractivity contribution in [2.24, 2.45) is 0 Å². The number of carbonyl (C=O) groups is 1. The molecule has 0 radical (unpaired) electrons. The maximum atomic E-state index is 13.2. The van der Waals surface area contributed by atoms with E-state index < -0.39 is 0 Å². The number of fused-ring (bicyclic) bond motifs is 1. The highest BCUT2D eigenvalue weighted by molar-refractivity contribution is 7.99. The van der Waals surface area contributed by atoms with Crippen LogP contribution in [-0.4, -0.2) is 47.7 Å². The lowest BCUT2D eigenvalue weighted by Gasteiger charge is -2.24. The van der Waals surface area contributed by atoms with E-state index in [0.29, 0.717) is 18.0 Å². The summed E-state index contributed by atoms with van der Waals surface area (Å²) in [6.07, 6.45) is 0.480. The van der Waals surface area contributed by atoms with Gasteiger partial charge in [0.1, 0.15) is 0 Å².